The molecule has 1 atom stereocenters. The van der Waals surface area contributed by atoms with Crippen LogP contribution < -0.4 is 5.32 Å². The third-order valence-electron chi connectivity index (χ3n) is 3.22. The summed E-state index contributed by atoms with van der Waals surface area (Å²) in [4.78, 5) is 5.93. The topological polar surface area (TPSA) is 24.9 Å². The summed E-state index contributed by atoms with van der Waals surface area (Å²) >= 11 is 1.73. The van der Waals surface area contributed by atoms with Crippen molar-refractivity contribution in [2.75, 3.05) is 0 Å². The lowest BCUT2D eigenvalue weighted by Crippen LogP contribution is -2.24. The van der Waals surface area contributed by atoms with Crippen LogP contribution in [-0.4, -0.2) is 11.0 Å². The molecular weight excluding hydrogens is 240 g/mol. The number of aromatic nitrogens is 1. The van der Waals surface area contributed by atoms with E-state index in [1.165, 1.54) is 10.4 Å². The number of nitrogens with one attached hydrogen (secondary N) is 1. The van der Waals surface area contributed by atoms with E-state index in [4.69, 9.17) is 0 Å². The molecule has 2 heterocycles. The standard InChI is InChI=1S/C15H20N2S/c1-4-11(2)16-10-13-7-8-14(17-12(13)3)15-6-5-9-18-15/h5-9,11,16H,4,10H2,1-3H3. The molecule has 1 unspecified atom stereocenters. The highest BCUT2D eigenvalue weighted by Gasteiger charge is 2.05. The smallest absolute Gasteiger partial charge is 0.0805 e. The van der Waals surface area contributed by atoms with Crippen LogP contribution in [0.1, 0.15) is 31.5 Å². The molecule has 0 aliphatic heterocycles. The molecule has 0 aliphatic rings. The van der Waals surface area contributed by atoms with Crippen LogP contribution in [0, 0.1) is 6.92 Å². The Kier molecular flexibility index (Phi) is 4.50. The van der Waals surface area contributed by atoms with Crippen molar-refractivity contribution < 1.29 is 0 Å². The van der Waals surface area contributed by atoms with Gasteiger partial charge in [0.25, 0.3) is 0 Å². The fourth-order valence-electron chi connectivity index (χ4n) is 1.77. The third-order valence-corrected chi connectivity index (χ3v) is 4.11. The summed E-state index contributed by atoms with van der Waals surface area (Å²) in [5.41, 5.74) is 3.49. The van der Waals surface area contributed by atoms with Gasteiger partial charge in [-0.1, -0.05) is 19.1 Å². The van der Waals surface area contributed by atoms with Gasteiger partial charge in [-0.2, -0.15) is 0 Å². The number of aryl methyl sites for hydroxylation is 1. The summed E-state index contributed by atoms with van der Waals surface area (Å²) in [6, 6.07) is 9.04. The fraction of sp³-hybridized carbons (Fsp3) is 0.400. The summed E-state index contributed by atoms with van der Waals surface area (Å²) in [6.07, 6.45) is 1.15. The molecule has 96 valence electrons. The number of thiophene rings is 1. The summed E-state index contributed by atoms with van der Waals surface area (Å²) < 4.78 is 0. The molecule has 3 heteroatoms. The molecule has 0 radical (unpaired) electrons. The first-order valence-electron chi connectivity index (χ1n) is 6.44. The number of hydrogen-bond donors (Lipinski definition) is 1. The van der Waals surface area contributed by atoms with Gasteiger partial charge >= 0.3 is 0 Å². The van der Waals surface area contributed by atoms with Crippen LogP contribution in [0.4, 0.5) is 0 Å². The van der Waals surface area contributed by atoms with Crippen molar-refractivity contribution in [3.8, 4) is 10.6 Å². The Morgan fingerprint density at radius 1 is 1.33 bits per heavy atom. The second-order valence-electron chi connectivity index (χ2n) is 4.61. The molecule has 2 rings (SSSR count). The quantitative estimate of drug-likeness (QED) is 0.878. The summed E-state index contributed by atoms with van der Waals surface area (Å²) in [6.45, 7) is 7.40. The van der Waals surface area contributed by atoms with E-state index in [0.29, 0.717) is 6.04 Å². The molecule has 0 bridgehead atoms. The van der Waals surface area contributed by atoms with E-state index in [2.05, 4.69) is 60.7 Å². The maximum Gasteiger partial charge on any atom is 0.0805 e. The Morgan fingerprint density at radius 2 is 2.17 bits per heavy atom. The Labute approximate surface area is 113 Å². The molecule has 1 N–H and O–H groups in total. The molecule has 2 aromatic rings. The van der Waals surface area contributed by atoms with Crippen molar-refractivity contribution in [3.05, 3.63) is 40.9 Å². The molecule has 2 nitrogen and oxygen atoms in total. The van der Waals surface area contributed by atoms with Crippen molar-refractivity contribution in [1.82, 2.24) is 10.3 Å². The van der Waals surface area contributed by atoms with Gasteiger partial charge in [0.05, 0.1) is 10.6 Å². The monoisotopic (exact) mass is 260 g/mol. The zero-order valence-corrected chi connectivity index (χ0v) is 12.1. The van der Waals surface area contributed by atoms with E-state index in [-0.39, 0.29) is 0 Å². The summed E-state index contributed by atoms with van der Waals surface area (Å²) in [7, 11) is 0. The van der Waals surface area contributed by atoms with Gasteiger partial charge in [0.15, 0.2) is 0 Å². The van der Waals surface area contributed by atoms with Gasteiger partial charge in [0, 0.05) is 18.3 Å². The van der Waals surface area contributed by atoms with E-state index in [1.54, 1.807) is 11.3 Å². The molecule has 0 aromatic carbocycles. The van der Waals surface area contributed by atoms with Crippen LogP contribution in [0.2, 0.25) is 0 Å². The average Bonchev–Trinajstić information content (AvgIpc) is 2.90. The minimum absolute atomic E-state index is 0.557. The number of nitrogens with zero attached hydrogens (tertiary/aromatic N) is 1. The highest BCUT2D eigenvalue weighted by molar-refractivity contribution is 7.13. The van der Waals surface area contributed by atoms with Gasteiger partial charge in [0.1, 0.15) is 0 Å². The normalized spacial score (nSPS) is 12.6. The maximum absolute atomic E-state index is 4.69. The lowest BCUT2D eigenvalue weighted by molar-refractivity contribution is 0.532. The van der Waals surface area contributed by atoms with Gasteiger partial charge in [0.2, 0.25) is 0 Å². The van der Waals surface area contributed by atoms with E-state index in [1.807, 2.05) is 0 Å². The number of rotatable bonds is 5. The van der Waals surface area contributed by atoms with Gasteiger partial charge in [-0.25, -0.2) is 0 Å². The van der Waals surface area contributed by atoms with Crippen LogP contribution in [0.25, 0.3) is 10.6 Å². The maximum atomic E-state index is 4.69. The molecule has 18 heavy (non-hydrogen) atoms. The predicted molar refractivity (Wildman–Crippen MR) is 78.9 cm³/mol. The largest absolute Gasteiger partial charge is 0.310 e. The molecule has 2 aromatic heterocycles. The van der Waals surface area contributed by atoms with Crippen LogP contribution >= 0.6 is 11.3 Å². The second-order valence-corrected chi connectivity index (χ2v) is 5.56. The highest BCUT2D eigenvalue weighted by atomic mass is 32.1. The van der Waals surface area contributed by atoms with E-state index in [0.717, 1.165) is 24.4 Å². The summed E-state index contributed by atoms with van der Waals surface area (Å²) in [5, 5.41) is 5.59. The first kappa shape index (κ1) is 13.2. The van der Waals surface area contributed by atoms with Crippen molar-refractivity contribution in [2.45, 2.75) is 39.8 Å². The van der Waals surface area contributed by atoms with Crippen molar-refractivity contribution >= 4 is 11.3 Å². The lowest BCUT2D eigenvalue weighted by Gasteiger charge is -2.13. The fourth-order valence-corrected chi connectivity index (χ4v) is 2.46. The average molecular weight is 260 g/mol. The molecule has 0 spiro atoms. The van der Waals surface area contributed by atoms with E-state index in [9.17, 15) is 0 Å². The third kappa shape index (κ3) is 3.18. The van der Waals surface area contributed by atoms with Gasteiger partial charge in [-0.3, -0.25) is 4.98 Å². The van der Waals surface area contributed by atoms with E-state index < -0.39 is 0 Å². The second kappa shape index (κ2) is 6.12. The Bertz CT molecular complexity index is 491. The minimum atomic E-state index is 0.557. The van der Waals surface area contributed by atoms with Gasteiger partial charge < -0.3 is 5.32 Å². The molecule has 0 aliphatic carbocycles. The van der Waals surface area contributed by atoms with Crippen molar-refractivity contribution in [2.24, 2.45) is 0 Å². The van der Waals surface area contributed by atoms with Crippen LogP contribution in [0.5, 0.6) is 0 Å². The first-order chi connectivity index (χ1) is 8.70. The Morgan fingerprint density at radius 3 is 2.78 bits per heavy atom. The zero-order valence-electron chi connectivity index (χ0n) is 11.2. The van der Waals surface area contributed by atoms with Crippen LogP contribution in [-0.2, 0) is 6.54 Å². The number of pyridine rings is 1. The Hall–Kier alpha value is -1.19. The van der Waals surface area contributed by atoms with Crippen molar-refractivity contribution in [3.63, 3.8) is 0 Å². The molecule has 0 saturated heterocycles. The van der Waals surface area contributed by atoms with Crippen LogP contribution in [0.15, 0.2) is 29.6 Å². The molecular formula is C15H20N2S. The highest BCUT2D eigenvalue weighted by Crippen LogP contribution is 2.23. The Balaban J connectivity index is 2.10. The molecule has 0 saturated carbocycles. The lowest BCUT2D eigenvalue weighted by atomic mass is 10.1. The predicted octanol–water partition coefficient (Wildman–Crippen LogP) is 4.01. The van der Waals surface area contributed by atoms with Gasteiger partial charge in [-0.15, -0.1) is 11.3 Å². The van der Waals surface area contributed by atoms with E-state index >= 15 is 0 Å². The first-order valence-corrected chi connectivity index (χ1v) is 7.32. The molecule has 0 fully saturated rings. The SMILES string of the molecule is CCC(C)NCc1ccc(-c2cccs2)nc1C. The van der Waals surface area contributed by atoms with Crippen LogP contribution in [0.3, 0.4) is 0 Å². The molecule has 0 amide bonds. The van der Waals surface area contributed by atoms with Gasteiger partial charge in [-0.05, 0) is 43.3 Å². The summed E-state index contributed by atoms with van der Waals surface area (Å²) in [5.74, 6) is 0. The zero-order chi connectivity index (χ0) is 13.0. The van der Waals surface area contributed by atoms with Crippen molar-refractivity contribution in [1.29, 1.82) is 0 Å². The minimum Gasteiger partial charge on any atom is -0.310 e. The number of hydrogen-bond acceptors (Lipinski definition) is 3.